The number of rotatable bonds is 8. The predicted octanol–water partition coefficient (Wildman–Crippen LogP) is 7.37. The second-order valence-corrected chi connectivity index (χ2v) is 21.2. The molecule has 0 radical (unpaired) electrons. The Hall–Kier alpha value is -3.91. The Balaban J connectivity index is 1.49. The fourth-order valence-corrected chi connectivity index (χ4v) is 8.96. The van der Waals surface area contributed by atoms with E-state index >= 15 is 0 Å². The van der Waals surface area contributed by atoms with Gasteiger partial charge in [0.05, 0.1) is 34.1 Å². The maximum absolute atomic E-state index is 14.4. The van der Waals surface area contributed by atoms with Gasteiger partial charge in [-0.05, 0) is 74.2 Å². The van der Waals surface area contributed by atoms with Crippen molar-refractivity contribution in [1.82, 2.24) is 13.5 Å². The summed E-state index contributed by atoms with van der Waals surface area (Å²) in [6.45, 7) is 13.2. The average Bonchev–Trinajstić information content (AvgIpc) is 3.55. The molecule has 228 valence electrons. The van der Waals surface area contributed by atoms with E-state index in [2.05, 4.69) is 42.4 Å². The minimum Gasteiger partial charge on any atom is -0.508 e. The molecule has 4 aromatic rings. The van der Waals surface area contributed by atoms with Crippen molar-refractivity contribution in [3.63, 3.8) is 0 Å². The van der Waals surface area contributed by atoms with Gasteiger partial charge in [0.1, 0.15) is 23.1 Å². The number of imidazole rings is 1. The van der Waals surface area contributed by atoms with E-state index in [1.807, 2.05) is 25.1 Å². The van der Waals surface area contributed by atoms with Crippen molar-refractivity contribution >= 4 is 46.1 Å². The maximum atomic E-state index is 14.4. The molecule has 8 nitrogen and oxygen atoms in total. The molecule has 44 heavy (non-hydrogen) atoms. The van der Waals surface area contributed by atoms with Crippen LogP contribution in [0, 0.1) is 18.3 Å². The number of benzene rings is 2. The number of nitriles is 1. The van der Waals surface area contributed by atoms with Gasteiger partial charge in [-0.1, -0.05) is 50.0 Å². The fraction of sp³-hybridized carbons (Fsp3) is 0.353. The molecule has 0 bridgehead atoms. The van der Waals surface area contributed by atoms with Crippen LogP contribution >= 0.6 is 0 Å². The molecule has 0 fully saturated rings. The summed E-state index contributed by atoms with van der Waals surface area (Å²) in [6, 6.07) is 12.8. The third-order valence-corrected chi connectivity index (χ3v) is 13.3. The van der Waals surface area contributed by atoms with Gasteiger partial charge in [-0.15, -0.1) is 0 Å². The van der Waals surface area contributed by atoms with Gasteiger partial charge in [0.25, 0.3) is 0 Å². The van der Waals surface area contributed by atoms with Crippen LogP contribution in [0.2, 0.25) is 25.7 Å². The molecule has 2 unspecified atom stereocenters. The highest BCUT2D eigenvalue weighted by molar-refractivity contribution is 7.91. The SMILES string of the molecule is CC1=C(O)C=CCC1(C)S(=O)(=O)n1cc2c3c(ccc(C)c31)C(c1nc3cc(C#N)ccc3n1COCC[Si](C)(C)C)C=C2. The molecular weight excluding hydrogens is 589 g/mol. The third kappa shape index (κ3) is 4.74. The lowest BCUT2D eigenvalue weighted by Crippen LogP contribution is -2.41. The first-order valence-corrected chi connectivity index (χ1v) is 20.0. The Morgan fingerprint density at radius 3 is 2.68 bits per heavy atom. The number of fused-ring (bicyclic) bond motifs is 1. The fourth-order valence-electron chi connectivity index (χ4n) is 6.24. The van der Waals surface area contributed by atoms with Gasteiger partial charge in [-0.2, -0.15) is 5.26 Å². The molecule has 2 aliphatic rings. The molecule has 1 N–H and O–H groups in total. The summed E-state index contributed by atoms with van der Waals surface area (Å²) in [7, 11) is -5.25. The molecule has 0 saturated carbocycles. The van der Waals surface area contributed by atoms with Crippen LogP contribution in [0.25, 0.3) is 28.0 Å². The lowest BCUT2D eigenvalue weighted by molar-refractivity contribution is 0.0878. The van der Waals surface area contributed by atoms with E-state index in [1.54, 1.807) is 44.3 Å². The Morgan fingerprint density at radius 2 is 1.95 bits per heavy atom. The predicted molar refractivity (Wildman–Crippen MR) is 178 cm³/mol. The van der Waals surface area contributed by atoms with Gasteiger partial charge in [0.15, 0.2) is 0 Å². The Kier molecular flexibility index (Phi) is 7.27. The van der Waals surface area contributed by atoms with Gasteiger partial charge >= 0.3 is 0 Å². The summed E-state index contributed by atoms with van der Waals surface area (Å²) in [4.78, 5) is 5.04. The highest BCUT2D eigenvalue weighted by atomic mass is 32.2. The van der Waals surface area contributed by atoms with Crippen molar-refractivity contribution in [2.75, 3.05) is 6.61 Å². The summed E-state index contributed by atoms with van der Waals surface area (Å²) in [6.07, 6.45) is 9.30. The second-order valence-electron chi connectivity index (χ2n) is 13.3. The number of ether oxygens (including phenoxy) is 1. The number of hydrogen-bond acceptors (Lipinski definition) is 6. The molecule has 0 saturated heterocycles. The first kappa shape index (κ1) is 30.1. The van der Waals surface area contributed by atoms with Crippen LogP contribution in [0.5, 0.6) is 0 Å². The third-order valence-electron chi connectivity index (χ3n) is 9.17. The minimum absolute atomic E-state index is 0.00813. The van der Waals surface area contributed by atoms with E-state index in [1.165, 1.54) is 3.97 Å². The Labute approximate surface area is 259 Å². The number of hydrogen-bond donors (Lipinski definition) is 1. The van der Waals surface area contributed by atoms with Crippen LogP contribution in [0.4, 0.5) is 0 Å². The quantitative estimate of drug-likeness (QED) is 0.162. The molecule has 6 rings (SSSR count). The number of aliphatic hydroxyl groups is 1. The molecule has 0 aliphatic heterocycles. The van der Waals surface area contributed by atoms with Crippen LogP contribution in [-0.4, -0.2) is 46.5 Å². The lowest BCUT2D eigenvalue weighted by Gasteiger charge is -2.32. The molecular formula is C34H38N4O4SSi. The summed E-state index contributed by atoms with van der Waals surface area (Å²) in [5, 5.41) is 20.9. The monoisotopic (exact) mass is 626 g/mol. The summed E-state index contributed by atoms with van der Waals surface area (Å²) in [5.74, 6) is 0.506. The largest absolute Gasteiger partial charge is 0.508 e. The minimum atomic E-state index is -3.97. The normalized spacial score (nSPS) is 20.2. The van der Waals surface area contributed by atoms with E-state index in [0.717, 1.165) is 45.0 Å². The smallest absolute Gasteiger partial charge is 0.248 e. The van der Waals surface area contributed by atoms with E-state index in [4.69, 9.17) is 9.72 Å². The first-order valence-electron chi connectivity index (χ1n) is 14.9. The zero-order valence-corrected chi connectivity index (χ0v) is 27.9. The standard InChI is InChI=1S/C34H38N4O4SSi/c1-22-9-12-26-27(33-36-28-18-24(19-35)10-14-29(28)37(33)21-42-16-17-44(4,5)6)13-11-25-20-38(32(22)31(25)26)43(40,41)34(3)15-7-8-30(39)23(34)2/h7-14,18,20,27,39H,15-17,21H2,1-6H3. The van der Waals surface area contributed by atoms with Crippen LogP contribution in [-0.2, 0) is 21.5 Å². The Morgan fingerprint density at radius 1 is 1.18 bits per heavy atom. The van der Waals surface area contributed by atoms with Gasteiger partial charge in [0, 0.05) is 31.8 Å². The van der Waals surface area contributed by atoms with Crippen molar-refractivity contribution < 1.29 is 18.3 Å². The zero-order chi connectivity index (χ0) is 31.6. The number of allylic oxidation sites excluding steroid dienone is 3. The molecule has 0 spiro atoms. The highest BCUT2D eigenvalue weighted by Gasteiger charge is 2.45. The summed E-state index contributed by atoms with van der Waals surface area (Å²) >= 11 is 0. The van der Waals surface area contributed by atoms with Crippen molar-refractivity contribution in [2.45, 2.75) is 70.3 Å². The van der Waals surface area contributed by atoms with Crippen molar-refractivity contribution in [1.29, 1.82) is 5.26 Å². The molecule has 2 atom stereocenters. The highest BCUT2D eigenvalue weighted by Crippen LogP contribution is 2.44. The molecule has 2 aromatic carbocycles. The van der Waals surface area contributed by atoms with Gasteiger partial charge in [-0.25, -0.2) is 17.4 Å². The van der Waals surface area contributed by atoms with Gasteiger partial charge < -0.3 is 14.4 Å². The van der Waals surface area contributed by atoms with Crippen molar-refractivity contribution in [3.05, 3.63) is 94.2 Å². The van der Waals surface area contributed by atoms with Gasteiger partial charge in [0.2, 0.25) is 10.0 Å². The molecule has 0 amide bonds. The molecule has 2 heterocycles. The lowest BCUT2D eigenvalue weighted by atomic mass is 9.87. The van der Waals surface area contributed by atoms with Crippen molar-refractivity contribution in [2.24, 2.45) is 0 Å². The van der Waals surface area contributed by atoms with E-state index < -0.39 is 22.8 Å². The van der Waals surface area contributed by atoms with E-state index in [0.29, 0.717) is 30.0 Å². The van der Waals surface area contributed by atoms with E-state index in [-0.39, 0.29) is 18.1 Å². The number of aliphatic hydroxyl groups excluding tert-OH is 1. The topological polar surface area (TPSA) is 110 Å². The van der Waals surface area contributed by atoms with E-state index in [9.17, 15) is 18.8 Å². The maximum Gasteiger partial charge on any atom is 0.248 e. The molecule has 2 aliphatic carbocycles. The average molecular weight is 627 g/mol. The zero-order valence-electron chi connectivity index (χ0n) is 26.0. The molecule has 2 aromatic heterocycles. The summed E-state index contributed by atoms with van der Waals surface area (Å²) in [5.41, 5.74) is 5.83. The summed E-state index contributed by atoms with van der Waals surface area (Å²) < 4.78 is 37.2. The number of aromatic nitrogens is 3. The van der Waals surface area contributed by atoms with Crippen LogP contribution in [0.1, 0.15) is 54.3 Å². The second kappa shape index (κ2) is 10.6. The van der Waals surface area contributed by atoms with Crippen LogP contribution in [0.15, 0.2) is 66.1 Å². The number of nitrogens with zero attached hydrogens (tertiary/aromatic N) is 4. The van der Waals surface area contributed by atoms with Gasteiger partial charge in [-0.3, -0.25) is 0 Å². The molecule has 10 heteroatoms. The van der Waals surface area contributed by atoms with Crippen LogP contribution in [0.3, 0.4) is 0 Å². The van der Waals surface area contributed by atoms with Crippen LogP contribution < -0.4 is 0 Å². The van der Waals surface area contributed by atoms with Crippen molar-refractivity contribution in [3.8, 4) is 6.07 Å². The first-order chi connectivity index (χ1) is 20.8. The Bertz CT molecular complexity index is 2070. The number of aryl methyl sites for hydroxylation is 1.